The maximum absolute atomic E-state index is 5.81. The SMILES string of the molecule is CCC(N)C#Cc1ccc2oc3ccccc3c2c1. The summed E-state index contributed by atoms with van der Waals surface area (Å²) in [7, 11) is 0. The number of para-hydroxylation sites is 1. The van der Waals surface area contributed by atoms with Gasteiger partial charge in [0, 0.05) is 16.3 Å². The standard InChI is InChI=1S/C17H15NO/c1-2-13(18)9-7-12-8-10-17-15(11-12)14-5-3-4-6-16(14)19-17/h3-6,8,10-11,13H,2,18H2,1H3. The molecule has 0 amide bonds. The third-order valence-corrected chi connectivity index (χ3v) is 3.22. The highest BCUT2D eigenvalue weighted by Crippen LogP contribution is 2.28. The van der Waals surface area contributed by atoms with Crippen LogP contribution >= 0.6 is 0 Å². The first kappa shape index (κ1) is 11.8. The Hall–Kier alpha value is -2.24. The van der Waals surface area contributed by atoms with Crippen molar-refractivity contribution in [2.45, 2.75) is 19.4 Å². The number of furan rings is 1. The average Bonchev–Trinajstić information content (AvgIpc) is 2.82. The molecule has 0 radical (unpaired) electrons. The molecule has 0 aliphatic heterocycles. The highest BCUT2D eigenvalue weighted by Gasteiger charge is 2.05. The van der Waals surface area contributed by atoms with E-state index >= 15 is 0 Å². The molecule has 94 valence electrons. The Bertz CT molecular complexity index is 789. The van der Waals surface area contributed by atoms with Gasteiger partial charge in [0.1, 0.15) is 11.2 Å². The van der Waals surface area contributed by atoms with E-state index in [0.29, 0.717) is 0 Å². The predicted octanol–water partition coefficient (Wildman–Crippen LogP) is 3.67. The van der Waals surface area contributed by atoms with E-state index in [2.05, 4.69) is 24.0 Å². The van der Waals surface area contributed by atoms with Crippen LogP contribution in [0.2, 0.25) is 0 Å². The van der Waals surface area contributed by atoms with Crippen LogP contribution in [0.5, 0.6) is 0 Å². The van der Waals surface area contributed by atoms with Gasteiger partial charge in [0.2, 0.25) is 0 Å². The molecule has 0 bridgehead atoms. The lowest BCUT2D eigenvalue weighted by Crippen LogP contribution is -2.15. The molecule has 0 saturated heterocycles. The molecule has 3 rings (SSSR count). The average molecular weight is 249 g/mol. The highest BCUT2D eigenvalue weighted by atomic mass is 16.3. The van der Waals surface area contributed by atoms with Gasteiger partial charge in [0.15, 0.2) is 0 Å². The van der Waals surface area contributed by atoms with Crippen LogP contribution in [-0.4, -0.2) is 6.04 Å². The lowest BCUT2D eigenvalue weighted by atomic mass is 10.1. The van der Waals surface area contributed by atoms with Crippen molar-refractivity contribution in [2.75, 3.05) is 0 Å². The number of rotatable bonds is 1. The fraction of sp³-hybridized carbons (Fsp3) is 0.176. The number of hydrogen-bond donors (Lipinski definition) is 1. The lowest BCUT2D eigenvalue weighted by Gasteiger charge is -1.96. The van der Waals surface area contributed by atoms with E-state index in [1.807, 2.05) is 37.3 Å². The molecule has 0 fully saturated rings. The third kappa shape index (κ3) is 2.21. The molecule has 0 aliphatic rings. The Kier molecular flexibility index (Phi) is 2.98. The molecular formula is C17H15NO. The van der Waals surface area contributed by atoms with Gasteiger partial charge in [-0.1, -0.05) is 37.0 Å². The van der Waals surface area contributed by atoms with Crippen LogP contribution in [-0.2, 0) is 0 Å². The zero-order valence-electron chi connectivity index (χ0n) is 10.8. The second-order valence-corrected chi connectivity index (χ2v) is 4.59. The minimum atomic E-state index is -0.0585. The third-order valence-electron chi connectivity index (χ3n) is 3.22. The summed E-state index contributed by atoms with van der Waals surface area (Å²) in [5.41, 5.74) is 8.59. The minimum Gasteiger partial charge on any atom is -0.456 e. The molecule has 1 heterocycles. The first-order valence-corrected chi connectivity index (χ1v) is 6.46. The monoisotopic (exact) mass is 249 g/mol. The van der Waals surface area contributed by atoms with Crippen molar-refractivity contribution in [3.8, 4) is 11.8 Å². The topological polar surface area (TPSA) is 39.2 Å². The molecule has 2 N–H and O–H groups in total. The highest BCUT2D eigenvalue weighted by molar-refractivity contribution is 6.05. The van der Waals surface area contributed by atoms with Gasteiger partial charge in [-0.25, -0.2) is 0 Å². The Morgan fingerprint density at radius 1 is 1.11 bits per heavy atom. The fourth-order valence-electron chi connectivity index (χ4n) is 2.08. The number of benzene rings is 2. The Balaban J connectivity index is 2.13. The molecule has 2 aromatic carbocycles. The molecule has 0 saturated carbocycles. The molecule has 2 heteroatoms. The number of fused-ring (bicyclic) bond motifs is 3. The summed E-state index contributed by atoms with van der Waals surface area (Å²) < 4.78 is 5.78. The van der Waals surface area contributed by atoms with Gasteiger partial charge in [-0.3, -0.25) is 0 Å². The quantitative estimate of drug-likeness (QED) is 0.668. The lowest BCUT2D eigenvalue weighted by molar-refractivity contribution is 0.669. The van der Waals surface area contributed by atoms with Crippen LogP contribution in [0.25, 0.3) is 21.9 Å². The molecule has 1 unspecified atom stereocenters. The first-order valence-electron chi connectivity index (χ1n) is 6.46. The van der Waals surface area contributed by atoms with Crippen molar-refractivity contribution in [1.29, 1.82) is 0 Å². The molecule has 3 aromatic rings. The summed E-state index contributed by atoms with van der Waals surface area (Å²) >= 11 is 0. The predicted molar refractivity (Wildman–Crippen MR) is 78.9 cm³/mol. The Morgan fingerprint density at radius 3 is 2.74 bits per heavy atom. The van der Waals surface area contributed by atoms with Crippen molar-refractivity contribution >= 4 is 21.9 Å². The Morgan fingerprint density at radius 2 is 1.89 bits per heavy atom. The molecule has 1 aromatic heterocycles. The van der Waals surface area contributed by atoms with E-state index in [-0.39, 0.29) is 6.04 Å². The van der Waals surface area contributed by atoms with Crippen molar-refractivity contribution in [3.05, 3.63) is 48.0 Å². The van der Waals surface area contributed by atoms with Gasteiger partial charge in [-0.15, -0.1) is 0 Å². The Labute approximate surface area is 112 Å². The van der Waals surface area contributed by atoms with Crippen LogP contribution in [0.1, 0.15) is 18.9 Å². The fourth-order valence-corrected chi connectivity index (χ4v) is 2.08. The summed E-state index contributed by atoms with van der Waals surface area (Å²) in [5, 5.41) is 2.23. The smallest absolute Gasteiger partial charge is 0.135 e. The van der Waals surface area contributed by atoms with E-state index in [4.69, 9.17) is 10.2 Å². The van der Waals surface area contributed by atoms with Crippen molar-refractivity contribution in [3.63, 3.8) is 0 Å². The summed E-state index contributed by atoms with van der Waals surface area (Å²) in [5.74, 6) is 6.18. The maximum Gasteiger partial charge on any atom is 0.135 e. The summed E-state index contributed by atoms with van der Waals surface area (Å²) in [4.78, 5) is 0. The zero-order valence-corrected chi connectivity index (χ0v) is 10.8. The second kappa shape index (κ2) is 4.79. The van der Waals surface area contributed by atoms with Gasteiger partial charge in [0.05, 0.1) is 6.04 Å². The number of nitrogens with two attached hydrogens (primary N) is 1. The van der Waals surface area contributed by atoms with Crippen LogP contribution in [0, 0.1) is 11.8 Å². The summed E-state index contributed by atoms with van der Waals surface area (Å²) in [6.07, 6.45) is 0.865. The second-order valence-electron chi connectivity index (χ2n) is 4.59. The van der Waals surface area contributed by atoms with Gasteiger partial charge >= 0.3 is 0 Å². The zero-order chi connectivity index (χ0) is 13.2. The van der Waals surface area contributed by atoms with Gasteiger partial charge in [-0.2, -0.15) is 0 Å². The van der Waals surface area contributed by atoms with Crippen LogP contribution in [0.3, 0.4) is 0 Å². The van der Waals surface area contributed by atoms with Crippen LogP contribution in [0.15, 0.2) is 46.9 Å². The number of hydrogen-bond acceptors (Lipinski definition) is 2. The van der Waals surface area contributed by atoms with Gasteiger partial charge in [-0.05, 0) is 30.7 Å². The van der Waals surface area contributed by atoms with E-state index in [1.54, 1.807) is 0 Å². The van der Waals surface area contributed by atoms with E-state index < -0.39 is 0 Å². The van der Waals surface area contributed by atoms with E-state index in [1.165, 1.54) is 0 Å². The summed E-state index contributed by atoms with van der Waals surface area (Å²) in [6, 6.07) is 14.0. The van der Waals surface area contributed by atoms with E-state index in [0.717, 1.165) is 33.9 Å². The molecule has 0 spiro atoms. The first-order chi connectivity index (χ1) is 9.28. The largest absolute Gasteiger partial charge is 0.456 e. The van der Waals surface area contributed by atoms with Crippen molar-refractivity contribution in [2.24, 2.45) is 5.73 Å². The molecule has 2 nitrogen and oxygen atoms in total. The normalized spacial score (nSPS) is 12.3. The van der Waals surface area contributed by atoms with E-state index in [9.17, 15) is 0 Å². The van der Waals surface area contributed by atoms with Crippen molar-refractivity contribution in [1.82, 2.24) is 0 Å². The van der Waals surface area contributed by atoms with Crippen LogP contribution < -0.4 is 5.73 Å². The molecule has 1 atom stereocenters. The summed E-state index contributed by atoms with van der Waals surface area (Å²) in [6.45, 7) is 2.03. The molecule has 19 heavy (non-hydrogen) atoms. The van der Waals surface area contributed by atoms with Crippen LogP contribution in [0.4, 0.5) is 0 Å². The molecular weight excluding hydrogens is 234 g/mol. The molecule has 0 aliphatic carbocycles. The maximum atomic E-state index is 5.81. The minimum absolute atomic E-state index is 0.0585. The van der Waals surface area contributed by atoms with Crippen molar-refractivity contribution < 1.29 is 4.42 Å². The van der Waals surface area contributed by atoms with Gasteiger partial charge < -0.3 is 10.2 Å². The van der Waals surface area contributed by atoms with Gasteiger partial charge in [0.25, 0.3) is 0 Å².